The largest absolute Gasteiger partial charge is 0.490 e. The van der Waals surface area contributed by atoms with Gasteiger partial charge >= 0.3 is 12.3 Å². The monoisotopic (exact) mass is 583 g/mol. The molecule has 2 N–H and O–H groups in total. The van der Waals surface area contributed by atoms with Crippen LogP contribution in [0.3, 0.4) is 0 Å². The minimum Gasteiger partial charge on any atom is -0.490 e. The summed E-state index contributed by atoms with van der Waals surface area (Å²) in [6.45, 7) is 0.532. The second-order valence-electron chi connectivity index (χ2n) is 9.84. The van der Waals surface area contributed by atoms with Crippen LogP contribution < -0.4 is 10.5 Å². The molecule has 7 nitrogen and oxygen atoms in total. The zero-order chi connectivity index (χ0) is 29.7. The second kappa shape index (κ2) is 12.6. The van der Waals surface area contributed by atoms with E-state index in [0.717, 1.165) is 12.8 Å². The normalized spacial score (nSPS) is 16.2. The minimum atomic E-state index is -4.52. The first-order valence-electron chi connectivity index (χ1n) is 13.5. The maximum Gasteiger partial charge on any atom is 0.404 e. The highest BCUT2D eigenvalue weighted by atomic mass is 19.4. The van der Waals surface area contributed by atoms with E-state index >= 15 is 4.39 Å². The number of rotatable bonds is 9. The molecule has 0 saturated carbocycles. The predicted molar refractivity (Wildman–Crippen MR) is 149 cm³/mol. The van der Waals surface area contributed by atoms with Crippen molar-refractivity contribution < 1.29 is 36.6 Å². The number of primary amides is 1. The fourth-order valence-corrected chi connectivity index (χ4v) is 5.10. The van der Waals surface area contributed by atoms with Gasteiger partial charge in [-0.3, -0.25) is 0 Å². The van der Waals surface area contributed by atoms with E-state index in [1.165, 1.54) is 10.7 Å². The molecule has 11 heteroatoms. The van der Waals surface area contributed by atoms with Gasteiger partial charge in [-0.1, -0.05) is 48.5 Å². The summed E-state index contributed by atoms with van der Waals surface area (Å²) in [5, 5.41) is 4.27. The molecule has 0 aliphatic carbocycles. The Hall–Kier alpha value is -4.38. The number of hydrogen-bond donors (Lipinski definition) is 1. The van der Waals surface area contributed by atoms with Gasteiger partial charge in [0.25, 0.3) is 0 Å². The topological polar surface area (TPSA) is 88.6 Å². The molecule has 0 bridgehead atoms. The SMILES string of the molecule is NC(=O)OCCOc1ccc(C(=C(CC(F)(F)F)c2ccccc2)c2ccc3c(c2)c(F)nn3C2CCCCO2)cc1. The summed E-state index contributed by atoms with van der Waals surface area (Å²) in [7, 11) is 0. The number of benzene rings is 3. The van der Waals surface area contributed by atoms with Gasteiger partial charge in [0.15, 0.2) is 6.23 Å². The third-order valence-electron chi connectivity index (χ3n) is 6.92. The van der Waals surface area contributed by atoms with Crippen LogP contribution in [-0.4, -0.2) is 41.9 Å². The molecule has 4 aromatic rings. The Balaban J connectivity index is 1.61. The summed E-state index contributed by atoms with van der Waals surface area (Å²) in [6, 6.07) is 19.7. The van der Waals surface area contributed by atoms with Crippen molar-refractivity contribution in [3.63, 3.8) is 0 Å². The molecule has 0 spiro atoms. The van der Waals surface area contributed by atoms with Crippen molar-refractivity contribution in [1.29, 1.82) is 0 Å². The van der Waals surface area contributed by atoms with E-state index in [1.54, 1.807) is 66.7 Å². The van der Waals surface area contributed by atoms with Crippen molar-refractivity contribution in [2.24, 2.45) is 5.73 Å². The van der Waals surface area contributed by atoms with Gasteiger partial charge in [0.2, 0.25) is 5.95 Å². The molecule has 1 saturated heterocycles. The molecule has 1 fully saturated rings. The van der Waals surface area contributed by atoms with E-state index < -0.39 is 30.9 Å². The Labute approximate surface area is 239 Å². The van der Waals surface area contributed by atoms with Crippen molar-refractivity contribution >= 4 is 28.1 Å². The molecular formula is C31H29F4N3O4. The Morgan fingerprint density at radius 1 is 0.976 bits per heavy atom. The van der Waals surface area contributed by atoms with E-state index in [0.29, 0.717) is 46.6 Å². The third kappa shape index (κ3) is 6.91. The average molecular weight is 584 g/mol. The van der Waals surface area contributed by atoms with Crippen molar-refractivity contribution in [3.8, 4) is 5.75 Å². The lowest BCUT2D eigenvalue weighted by atomic mass is 9.87. The number of halogens is 4. The Morgan fingerprint density at radius 3 is 2.38 bits per heavy atom. The molecule has 1 aliphatic rings. The smallest absolute Gasteiger partial charge is 0.404 e. The van der Waals surface area contributed by atoms with Gasteiger partial charge in [0, 0.05) is 6.61 Å². The van der Waals surface area contributed by atoms with Crippen molar-refractivity contribution in [1.82, 2.24) is 9.78 Å². The van der Waals surface area contributed by atoms with Gasteiger partial charge in [0.1, 0.15) is 19.0 Å². The van der Waals surface area contributed by atoms with Crippen molar-refractivity contribution in [2.75, 3.05) is 19.8 Å². The zero-order valence-electron chi connectivity index (χ0n) is 22.6. The Kier molecular flexibility index (Phi) is 8.77. The van der Waals surface area contributed by atoms with Gasteiger partial charge < -0.3 is 19.9 Å². The van der Waals surface area contributed by atoms with Crippen LogP contribution in [0.4, 0.5) is 22.4 Å². The lowest BCUT2D eigenvalue weighted by Crippen LogP contribution is -2.19. The quantitative estimate of drug-likeness (QED) is 0.127. The van der Waals surface area contributed by atoms with E-state index in [1.807, 2.05) is 0 Å². The molecule has 220 valence electrons. The fourth-order valence-electron chi connectivity index (χ4n) is 5.10. The molecule has 42 heavy (non-hydrogen) atoms. The highest BCUT2D eigenvalue weighted by molar-refractivity contribution is 6.00. The van der Waals surface area contributed by atoms with Gasteiger partial charge in [-0.2, -0.15) is 17.6 Å². The van der Waals surface area contributed by atoms with E-state index in [-0.39, 0.29) is 24.2 Å². The van der Waals surface area contributed by atoms with E-state index in [9.17, 15) is 18.0 Å². The zero-order valence-corrected chi connectivity index (χ0v) is 22.6. The van der Waals surface area contributed by atoms with Crippen molar-refractivity contribution in [2.45, 2.75) is 38.1 Å². The number of hydrogen-bond acceptors (Lipinski definition) is 5. The summed E-state index contributed by atoms with van der Waals surface area (Å²) in [5.41, 5.74) is 7.04. The van der Waals surface area contributed by atoms with Crippen LogP contribution in [0.1, 0.15) is 48.6 Å². The van der Waals surface area contributed by atoms with Gasteiger partial charge in [-0.15, -0.1) is 5.10 Å². The molecule has 1 aliphatic heterocycles. The molecule has 1 unspecified atom stereocenters. The number of nitrogens with zero attached hydrogens (tertiary/aromatic N) is 2. The molecule has 3 aromatic carbocycles. The van der Waals surface area contributed by atoms with E-state index in [2.05, 4.69) is 9.84 Å². The van der Waals surface area contributed by atoms with Crippen LogP contribution in [0.5, 0.6) is 5.75 Å². The number of alkyl halides is 3. The number of carbonyl (C=O) groups is 1. The number of amides is 1. The molecule has 5 rings (SSSR count). The average Bonchev–Trinajstić information content (AvgIpc) is 3.31. The molecular weight excluding hydrogens is 554 g/mol. The number of nitrogens with two attached hydrogens (primary N) is 1. The summed E-state index contributed by atoms with van der Waals surface area (Å²) in [6.07, 6.45) is -4.51. The van der Waals surface area contributed by atoms with Crippen LogP contribution in [0.25, 0.3) is 22.0 Å². The van der Waals surface area contributed by atoms with E-state index in [4.69, 9.17) is 15.2 Å². The van der Waals surface area contributed by atoms with Crippen LogP contribution in [0.15, 0.2) is 72.8 Å². The van der Waals surface area contributed by atoms with Crippen molar-refractivity contribution in [3.05, 3.63) is 95.4 Å². The van der Waals surface area contributed by atoms with Gasteiger partial charge in [-0.05, 0) is 71.4 Å². The Bertz CT molecular complexity index is 1560. The predicted octanol–water partition coefficient (Wildman–Crippen LogP) is 7.26. The highest BCUT2D eigenvalue weighted by Crippen LogP contribution is 2.41. The first-order valence-corrected chi connectivity index (χ1v) is 13.5. The second-order valence-corrected chi connectivity index (χ2v) is 9.84. The summed E-state index contributed by atoms with van der Waals surface area (Å²) in [5.74, 6) is -0.308. The number of allylic oxidation sites excluding steroid dienone is 1. The molecule has 2 heterocycles. The summed E-state index contributed by atoms with van der Waals surface area (Å²) < 4.78 is 74.8. The first-order chi connectivity index (χ1) is 20.2. The lowest BCUT2D eigenvalue weighted by molar-refractivity contribution is -0.122. The minimum absolute atomic E-state index is 0.0365. The van der Waals surface area contributed by atoms with Gasteiger partial charge in [0.05, 0.1) is 17.3 Å². The molecule has 1 aromatic heterocycles. The first kappa shape index (κ1) is 29.1. The number of fused-ring (bicyclic) bond motifs is 1. The summed E-state index contributed by atoms with van der Waals surface area (Å²) >= 11 is 0. The maximum atomic E-state index is 15.2. The third-order valence-corrected chi connectivity index (χ3v) is 6.92. The van der Waals surface area contributed by atoms with Crippen LogP contribution in [-0.2, 0) is 9.47 Å². The van der Waals surface area contributed by atoms with Crippen LogP contribution in [0.2, 0.25) is 0 Å². The molecule has 0 radical (unpaired) electrons. The van der Waals surface area contributed by atoms with Crippen LogP contribution >= 0.6 is 0 Å². The van der Waals surface area contributed by atoms with Gasteiger partial charge in [-0.25, -0.2) is 9.48 Å². The molecule has 1 atom stereocenters. The standard InChI is InChI=1S/C31H29F4N3O4/c32-29-24-18-22(11-14-26(24)38(37-29)27-8-4-5-15-41-27)28(25(19-31(33,34)35)20-6-2-1-3-7-20)21-9-12-23(13-10-21)40-16-17-42-30(36)39/h1-3,6-7,9-14,18,27H,4-5,8,15-17,19H2,(H2,36,39). The maximum absolute atomic E-state index is 15.2. The lowest BCUT2D eigenvalue weighted by Gasteiger charge is -2.23. The number of aromatic nitrogens is 2. The Morgan fingerprint density at radius 2 is 1.71 bits per heavy atom. The summed E-state index contributed by atoms with van der Waals surface area (Å²) in [4.78, 5) is 10.8. The highest BCUT2D eigenvalue weighted by Gasteiger charge is 2.32. The molecule has 1 amide bonds. The number of carbonyl (C=O) groups excluding carboxylic acids is 1. The van der Waals surface area contributed by atoms with Crippen LogP contribution in [0, 0.1) is 5.95 Å². The fraction of sp³-hybridized carbons (Fsp3) is 0.290. The number of ether oxygens (including phenoxy) is 3.